The van der Waals surface area contributed by atoms with Gasteiger partial charge in [0.25, 0.3) is 11.9 Å². The summed E-state index contributed by atoms with van der Waals surface area (Å²) in [6.45, 7) is 2.18. The molecular formula is C18H19FN4O3. The second-order valence-corrected chi connectivity index (χ2v) is 6.03. The van der Waals surface area contributed by atoms with Gasteiger partial charge in [0.05, 0.1) is 13.3 Å². The Labute approximate surface area is 150 Å². The summed E-state index contributed by atoms with van der Waals surface area (Å²) >= 11 is 0. The molecule has 0 fully saturated rings. The highest BCUT2D eigenvalue weighted by atomic mass is 19.1. The maximum atomic E-state index is 14.4. The lowest BCUT2D eigenvalue weighted by Crippen LogP contribution is -2.38. The van der Waals surface area contributed by atoms with Crippen LogP contribution in [0.4, 0.5) is 10.1 Å². The van der Waals surface area contributed by atoms with Crippen molar-refractivity contribution in [3.05, 3.63) is 53.6 Å². The quantitative estimate of drug-likeness (QED) is 0.875. The maximum Gasteiger partial charge on any atom is 0.282 e. The second-order valence-electron chi connectivity index (χ2n) is 6.03. The molecule has 7 nitrogen and oxygen atoms in total. The number of aliphatic imine (C=N–C) groups is 1. The smallest absolute Gasteiger partial charge is 0.282 e. The third-order valence-corrected chi connectivity index (χ3v) is 4.18. The van der Waals surface area contributed by atoms with Crippen LogP contribution >= 0.6 is 0 Å². The Morgan fingerprint density at radius 1 is 1.38 bits per heavy atom. The third-order valence-electron chi connectivity index (χ3n) is 4.18. The van der Waals surface area contributed by atoms with Crippen LogP contribution in [0.5, 0.6) is 5.75 Å². The first-order valence-corrected chi connectivity index (χ1v) is 8.01. The first kappa shape index (κ1) is 17.7. The maximum absolute atomic E-state index is 14.4. The number of aromatic nitrogens is 1. The normalized spacial score (nSPS) is 19.3. The number of hydrogen-bond acceptors (Lipinski definition) is 6. The van der Waals surface area contributed by atoms with Crippen LogP contribution in [0, 0.1) is 5.82 Å². The standard InChI is InChI=1S/C18H19FN4O3/c1-18(7-8-21-17(20)26-18)13-9-11(3-5-14(13)19)23-16(24)15-6-4-12(25-2)10-22-15/h3-6,9-10H,7-8H2,1-2H3,(H2,20,21)(H,23,24)/t18-/m0/s1. The second kappa shape index (κ2) is 6.99. The number of ether oxygens (including phenoxy) is 2. The number of nitrogens with two attached hydrogens (primary N) is 1. The summed E-state index contributed by atoms with van der Waals surface area (Å²) in [6.07, 6.45) is 1.92. The summed E-state index contributed by atoms with van der Waals surface area (Å²) < 4.78 is 24.9. The Morgan fingerprint density at radius 2 is 2.19 bits per heavy atom. The summed E-state index contributed by atoms with van der Waals surface area (Å²) in [7, 11) is 1.52. The molecule has 1 aliphatic rings. The molecule has 1 amide bonds. The molecule has 3 N–H and O–H groups in total. The molecular weight excluding hydrogens is 339 g/mol. The van der Waals surface area contributed by atoms with Gasteiger partial charge in [0.1, 0.15) is 22.9 Å². The van der Waals surface area contributed by atoms with Gasteiger partial charge in [0.15, 0.2) is 0 Å². The molecule has 0 radical (unpaired) electrons. The number of carbonyl (C=O) groups excluding carboxylic acids is 1. The van der Waals surface area contributed by atoms with E-state index in [2.05, 4.69) is 15.3 Å². The van der Waals surface area contributed by atoms with Crippen LogP contribution in [0.15, 0.2) is 41.5 Å². The molecule has 0 unspecified atom stereocenters. The van der Waals surface area contributed by atoms with Gasteiger partial charge in [-0.25, -0.2) is 14.4 Å². The number of rotatable bonds is 4. The van der Waals surface area contributed by atoms with E-state index in [1.165, 1.54) is 31.5 Å². The lowest BCUT2D eigenvalue weighted by Gasteiger charge is -2.33. The fraction of sp³-hybridized carbons (Fsp3) is 0.278. The highest BCUT2D eigenvalue weighted by Gasteiger charge is 2.35. The van der Waals surface area contributed by atoms with Crippen molar-refractivity contribution in [3.63, 3.8) is 0 Å². The monoisotopic (exact) mass is 358 g/mol. The van der Waals surface area contributed by atoms with Crippen molar-refractivity contribution in [1.29, 1.82) is 0 Å². The third kappa shape index (κ3) is 3.58. The molecule has 2 aromatic rings. The van der Waals surface area contributed by atoms with Gasteiger partial charge < -0.3 is 20.5 Å². The van der Waals surface area contributed by atoms with Crippen molar-refractivity contribution in [2.45, 2.75) is 18.9 Å². The number of nitrogens with zero attached hydrogens (tertiary/aromatic N) is 2. The van der Waals surface area contributed by atoms with Crippen molar-refractivity contribution in [1.82, 2.24) is 4.98 Å². The molecule has 0 aliphatic carbocycles. The lowest BCUT2D eigenvalue weighted by molar-refractivity contribution is 0.0482. The largest absolute Gasteiger partial charge is 0.495 e. The topological polar surface area (TPSA) is 98.8 Å². The highest BCUT2D eigenvalue weighted by molar-refractivity contribution is 6.02. The number of methoxy groups -OCH3 is 1. The summed E-state index contributed by atoms with van der Waals surface area (Å²) in [6, 6.07) is 7.50. The Bertz CT molecular complexity index is 854. The number of amides is 1. The Morgan fingerprint density at radius 3 is 2.85 bits per heavy atom. The van der Waals surface area contributed by atoms with Crippen molar-refractivity contribution in [3.8, 4) is 5.75 Å². The number of nitrogens with one attached hydrogen (secondary N) is 1. The van der Waals surface area contributed by atoms with E-state index in [9.17, 15) is 9.18 Å². The van der Waals surface area contributed by atoms with E-state index in [1.807, 2.05) is 0 Å². The zero-order valence-electron chi connectivity index (χ0n) is 14.5. The summed E-state index contributed by atoms with van der Waals surface area (Å²) in [5, 5.41) is 2.70. The molecule has 1 aromatic carbocycles. The number of anilines is 1. The van der Waals surface area contributed by atoms with Gasteiger partial charge >= 0.3 is 0 Å². The van der Waals surface area contributed by atoms with E-state index in [0.717, 1.165) is 0 Å². The number of pyridine rings is 1. The van der Waals surface area contributed by atoms with E-state index in [4.69, 9.17) is 15.2 Å². The first-order chi connectivity index (χ1) is 12.4. The average Bonchev–Trinajstić information content (AvgIpc) is 2.63. The summed E-state index contributed by atoms with van der Waals surface area (Å²) in [5.41, 5.74) is 5.63. The molecule has 1 aromatic heterocycles. The summed E-state index contributed by atoms with van der Waals surface area (Å²) in [4.78, 5) is 20.3. The highest BCUT2D eigenvalue weighted by Crippen LogP contribution is 2.34. The van der Waals surface area contributed by atoms with E-state index >= 15 is 0 Å². The van der Waals surface area contributed by atoms with Gasteiger partial charge in [-0.05, 0) is 37.3 Å². The molecule has 2 heterocycles. The molecule has 136 valence electrons. The lowest BCUT2D eigenvalue weighted by atomic mass is 9.90. The van der Waals surface area contributed by atoms with Crippen molar-refractivity contribution >= 4 is 17.6 Å². The minimum absolute atomic E-state index is 0.0232. The van der Waals surface area contributed by atoms with Crippen molar-refractivity contribution in [2.24, 2.45) is 10.7 Å². The molecule has 8 heteroatoms. The minimum Gasteiger partial charge on any atom is -0.495 e. The average molecular weight is 358 g/mol. The predicted molar refractivity (Wildman–Crippen MR) is 94.7 cm³/mol. The van der Waals surface area contributed by atoms with Crippen molar-refractivity contribution < 1.29 is 18.7 Å². The molecule has 1 atom stereocenters. The van der Waals surface area contributed by atoms with Crippen LogP contribution in [-0.4, -0.2) is 30.6 Å². The van der Waals surface area contributed by atoms with Gasteiger partial charge in [-0.1, -0.05) is 0 Å². The van der Waals surface area contributed by atoms with Crippen LogP contribution in [-0.2, 0) is 10.3 Å². The predicted octanol–water partition coefficient (Wildman–Crippen LogP) is 2.43. The molecule has 0 saturated heterocycles. The Hall–Kier alpha value is -3.16. The number of halogens is 1. The van der Waals surface area contributed by atoms with Gasteiger partial charge in [0, 0.05) is 24.2 Å². The number of carbonyl (C=O) groups is 1. The van der Waals surface area contributed by atoms with E-state index < -0.39 is 17.3 Å². The molecule has 0 saturated carbocycles. The fourth-order valence-corrected chi connectivity index (χ4v) is 2.72. The fourth-order valence-electron chi connectivity index (χ4n) is 2.72. The van der Waals surface area contributed by atoms with E-state index in [-0.39, 0.29) is 11.7 Å². The van der Waals surface area contributed by atoms with E-state index in [1.54, 1.807) is 19.1 Å². The zero-order valence-corrected chi connectivity index (χ0v) is 14.5. The van der Waals surface area contributed by atoms with Gasteiger partial charge in [-0.15, -0.1) is 0 Å². The van der Waals surface area contributed by atoms with Crippen LogP contribution in [0.2, 0.25) is 0 Å². The SMILES string of the molecule is COc1ccc(C(=O)Nc2ccc(F)c([C@]3(C)CCN=C(N)O3)c2)nc1. The Kier molecular flexibility index (Phi) is 4.75. The zero-order chi connectivity index (χ0) is 18.7. The van der Waals surface area contributed by atoms with Crippen LogP contribution in [0.25, 0.3) is 0 Å². The van der Waals surface area contributed by atoms with Gasteiger partial charge in [-0.2, -0.15) is 0 Å². The van der Waals surface area contributed by atoms with Crippen LogP contribution in [0.3, 0.4) is 0 Å². The number of hydrogen-bond donors (Lipinski definition) is 2. The minimum atomic E-state index is -0.949. The first-order valence-electron chi connectivity index (χ1n) is 8.01. The molecule has 26 heavy (non-hydrogen) atoms. The van der Waals surface area contributed by atoms with Crippen molar-refractivity contribution in [2.75, 3.05) is 19.0 Å². The van der Waals surface area contributed by atoms with Crippen LogP contribution < -0.4 is 15.8 Å². The summed E-state index contributed by atoms with van der Waals surface area (Å²) in [5.74, 6) is -0.309. The van der Waals surface area contributed by atoms with E-state index in [0.29, 0.717) is 30.0 Å². The molecule has 1 aliphatic heterocycles. The molecule has 0 spiro atoms. The Balaban J connectivity index is 1.83. The van der Waals surface area contributed by atoms with Crippen LogP contribution in [0.1, 0.15) is 29.4 Å². The number of benzene rings is 1. The number of amidine groups is 1. The van der Waals surface area contributed by atoms with Gasteiger partial charge in [-0.3, -0.25) is 4.79 Å². The van der Waals surface area contributed by atoms with Gasteiger partial charge in [0.2, 0.25) is 0 Å². The molecule has 0 bridgehead atoms. The molecule has 3 rings (SSSR count).